The van der Waals surface area contributed by atoms with E-state index in [4.69, 9.17) is 9.47 Å². The number of ether oxygens (including phenoxy) is 2. The van der Waals surface area contributed by atoms with Crippen LogP contribution in [0.3, 0.4) is 0 Å². The van der Waals surface area contributed by atoms with Crippen molar-refractivity contribution in [2.24, 2.45) is 0 Å². The Hall–Kier alpha value is -2.71. The van der Waals surface area contributed by atoms with Crippen LogP contribution in [0, 0.1) is 15.9 Å². The maximum Gasteiger partial charge on any atom is 0.311 e. The van der Waals surface area contributed by atoms with Crippen molar-refractivity contribution in [2.75, 3.05) is 32.1 Å². The number of nitro benzene ring substituents is 1. The Balaban J connectivity index is 1.60. The van der Waals surface area contributed by atoms with Gasteiger partial charge in [-0.2, -0.15) is 0 Å². The number of nitrogens with two attached hydrogens (primary N) is 1. The number of nitro groups is 1. The Morgan fingerprint density at radius 1 is 1.31 bits per heavy atom. The van der Waals surface area contributed by atoms with E-state index in [1.807, 2.05) is 48.6 Å². The third-order valence-corrected chi connectivity index (χ3v) is 4.23. The lowest BCUT2D eigenvalue weighted by Gasteiger charge is -2.14. The van der Waals surface area contributed by atoms with Gasteiger partial charge in [-0.05, 0) is 30.3 Å². The summed E-state index contributed by atoms with van der Waals surface area (Å²) in [7, 11) is 3.96. The summed E-state index contributed by atoms with van der Waals surface area (Å²) in [5.41, 5.74) is 1.88. The molecule has 1 aliphatic heterocycles. The van der Waals surface area contributed by atoms with E-state index in [1.165, 1.54) is 0 Å². The summed E-state index contributed by atoms with van der Waals surface area (Å²) in [6, 6.07) is 11.2. The van der Waals surface area contributed by atoms with Crippen molar-refractivity contribution >= 4 is 11.4 Å². The topological polar surface area (TPSA) is 81.5 Å². The number of anilines is 1. The molecule has 8 heteroatoms. The van der Waals surface area contributed by atoms with Crippen molar-refractivity contribution < 1.29 is 24.1 Å². The molecule has 0 radical (unpaired) electrons. The number of rotatable bonds is 6. The highest BCUT2D eigenvalue weighted by Gasteiger charge is 2.31. The van der Waals surface area contributed by atoms with Gasteiger partial charge in [0.15, 0.2) is 5.75 Å². The van der Waals surface area contributed by atoms with Crippen LogP contribution in [0.25, 0.3) is 0 Å². The van der Waals surface area contributed by atoms with Gasteiger partial charge in [0.2, 0.25) is 6.23 Å². The number of halogens is 1. The normalized spacial score (nSPS) is 19.3. The van der Waals surface area contributed by atoms with E-state index in [-0.39, 0.29) is 30.4 Å². The fraction of sp³-hybridized carbons (Fsp3) is 0.333. The van der Waals surface area contributed by atoms with Crippen LogP contribution in [-0.2, 0) is 4.74 Å². The van der Waals surface area contributed by atoms with Crippen LogP contribution < -0.4 is 15.0 Å². The van der Waals surface area contributed by atoms with Crippen LogP contribution in [0.2, 0.25) is 0 Å². The highest BCUT2D eigenvalue weighted by atomic mass is 19.1. The summed E-state index contributed by atoms with van der Waals surface area (Å²) < 4.78 is 24.7. The largest absolute Gasteiger partial charge is 0.484 e. The molecule has 26 heavy (non-hydrogen) atoms. The van der Waals surface area contributed by atoms with Gasteiger partial charge in [-0.25, -0.2) is 4.39 Å². The van der Waals surface area contributed by atoms with E-state index in [0.29, 0.717) is 6.54 Å². The summed E-state index contributed by atoms with van der Waals surface area (Å²) in [6.45, 7) is 0.774. The van der Waals surface area contributed by atoms with Gasteiger partial charge in [0.25, 0.3) is 0 Å². The van der Waals surface area contributed by atoms with Crippen molar-refractivity contribution in [1.29, 1.82) is 0 Å². The van der Waals surface area contributed by atoms with E-state index < -0.39 is 10.7 Å². The lowest BCUT2D eigenvalue weighted by atomic mass is 10.2. The molecule has 1 heterocycles. The van der Waals surface area contributed by atoms with Gasteiger partial charge in [-0.1, -0.05) is 0 Å². The summed E-state index contributed by atoms with van der Waals surface area (Å²) >= 11 is 0. The van der Waals surface area contributed by atoms with Crippen molar-refractivity contribution in [3.05, 3.63) is 64.0 Å². The maximum absolute atomic E-state index is 13.3. The number of benzene rings is 2. The molecule has 3 rings (SSSR count). The lowest BCUT2D eigenvalue weighted by molar-refractivity contribution is -0.697. The number of hydrogen-bond acceptors (Lipinski definition) is 5. The summed E-state index contributed by atoms with van der Waals surface area (Å²) in [5.74, 6) is -0.666. The average molecular weight is 362 g/mol. The van der Waals surface area contributed by atoms with Gasteiger partial charge in [0, 0.05) is 37.5 Å². The number of quaternary nitrogens is 1. The smallest absolute Gasteiger partial charge is 0.311 e. The summed E-state index contributed by atoms with van der Waals surface area (Å²) in [4.78, 5) is 12.4. The second-order valence-corrected chi connectivity index (χ2v) is 6.32. The molecule has 2 aromatic carbocycles. The highest BCUT2D eigenvalue weighted by molar-refractivity contribution is 5.47. The van der Waals surface area contributed by atoms with E-state index in [0.717, 1.165) is 29.4 Å². The predicted molar refractivity (Wildman–Crippen MR) is 93.7 cm³/mol. The zero-order chi connectivity index (χ0) is 18.7. The minimum atomic E-state index is -0.592. The second-order valence-electron chi connectivity index (χ2n) is 6.32. The van der Waals surface area contributed by atoms with Gasteiger partial charge in [-0.15, -0.1) is 0 Å². The predicted octanol–water partition coefficient (Wildman–Crippen LogP) is 1.84. The Bertz CT molecular complexity index is 783. The molecule has 0 bridgehead atoms. The third-order valence-electron chi connectivity index (χ3n) is 4.23. The second kappa shape index (κ2) is 7.67. The van der Waals surface area contributed by atoms with Crippen molar-refractivity contribution in [3.8, 4) is 5.75 Å². The number of nitrogens with zero attached hydrogens (tertiary/aromatic N) is 2. The molecule has 2 aromatic rings. The van der Waals surface area contributed by atoms with Crippen LogP contribution in [-0.4, -0.2) is 38.3 Å². The molecule has 0 aliphatic carbocycles. The highest BCUT2D eigenvalue weighted by Crippen LogP contribution is 2.28. The molecular formula is C18H21FN3O4+. The zero-order valence-corrected chi connectivity index (χ0v) is 14.6. The summed E-state index contributed by atoms with van der Waals surface area (Å²) in [6.07, 6.45) is -0.390. The first kappa shape index (κ1) is 18.1. The molecule has 0 amide bonds. The Morgan fingerprint density at radius 3 is 2.69 bits per heavy atom. The quantitative estimate of drug-likeness (QED) is 0.626. The minimum Gasteiger partial charge on any atom is -0.484 e. The fourth-order valence-electron chi connectivity index (χ4n) is 2.82. The average Bonchev–Trinajstić information content (AvgIpc) is 3.09. The van der Waals surface area contributed by atoms with Gasteiger partial charge in [0.05, 0.1) is 4.92 Å². The Labute approximate surface area is 150 Å². The fourth-order valence-corrected chi connectivity index (χ4v) is 2.82. The first-order chi connectivity index (χ1) is 12.4. The van der Waals surface area contributed by atoms with Gasteiger partial charge in [0.1, 0.15) is 25.1 Å². The molecule has 1 saturated heterocycles. The minimum absolute atomic E-state index is 0.0858. The molecule has 138 valence electrons. The molecular weight excluding hydrogens is 341 g/mol. The van der Waals surface area contributed by atoms with Gasteiger partial charge < -0.3 is 19.7 Å². The molecule has 0 aromatic heterocycles. The molecule has 7 nitrogen and oxygen atoms in total. The molecule has 2 atom stereocenters. The molecule has 0 unspecified atom stereocenters. The van der Waals surface area contributed by atoms with Crippen LogP contribution >= 0.6 is 0 Å². The van der Waals surface area contributed by atoms with Gasteiger partial charge >= 0.3 is 5.69 Å². The molecule has 1 aliphatic rings. The Morgan fingerprint density at radius 2 is 2.04 bits per heavy atom. The monoisotopic (exact) mass is 362 g/mol. The molecule has 0 saturated carbocycles. The van der Waals surface area contributed by atoms with Crippen LogP contribution in [0.4, 0.5) is 15.8 Å². The van der Waals surface area contributed by atoms with Crippen molar-refractivity contribution in [2.45, 2.75) is 12.3 Å². The Kier molecular flexibility index (Phi) is 5.34. The maximum atomic E-state index is 13.3. The molecule has 0 spiro atoms. The van der Waals surface area contributed by atoms with Gasteiger partial charge in [-0.3, -0.25) is 10.1 Å². The van der Waals surface area contributed by atoms with Crippen LogP contribution in [0.1, 0.15) is 11.8 Å². The SMILES string of the molecule is CN(C)c1ccc([C@@H]2[NH2+]C[C@H](COc3cc(F)ccc3[N+](=O)[O-])O2)cc1. The third kappa shape index (κ3) is 4.09. The first-order valence-corrected chi connectivity index (χ1v) is 8.27. The molecule has 1 fully saturated rings. The zero-order valence-electron chi connectivity index (χ0n) is 14.6. The van der Waals surface area contributed by atoms with E-state index in [9.17, 15) is 14.5 Å². The first-order valence-electron chi connectivity index (χ1n) is 8.27. The van der Waals surface area contributed by atoms with Crippen molar-refractivity contribution in [1.82, 2.24) is 0 Å². The number of hydrogen-bond donors (Lipinski definition) is 1. The van der Waals surface area contributed by atoms with Crippen LogP contribution in [0.15, 0.2) is 42.5 Å². The van der Waals surface area contributed by atoms with Crippen molar-refractivity contribution in [3.63, 3.8) is 0 Å². The summed E-state index contributed by atoms with van der Waals surface area (Å²) in [5, 5.41) is 13.0. The molecule has 2 N–H and O–H groups in total. The van der Waals surface area contributed by atoms with Crippen LogP contribution in [0.5, 0.6) is 5.75 Å². The van der Waals surface area contributed by atoms with E-state index >= 15 is 0 Å². The standard InChI is InChI=1S/C18H20FN3O4/c1-21(2)14-6-3-12(4-7-14)18-20-10-15(26-18)11-25-17-9-13(19)5-8-16(17)22(23)24/h3-9,15,18,20H,10-11H2,1-2H3/p+1/t15-,18-/m1/s1. The van der Waals surface area contributed by atoms with E-state index in [2.05, 4.69) is 0 Å². The lowest BCUT2D eigenvalue weighted by Crippen LogP contribution is -2.82. The van der Waals surface area contributed by atoms with E-state index in [1.54, 1.807) is 0 Å².